The van der Waals surface area contributed by atoms with E-state index in [9.17, 15) is 4.79 Å². The van der Waals surface area contributed by atoms with Gasteiger partial charge >= 0.3 is 0 Å². The van der Waals surface area contributed by atoms with Crippen molar-refractivity contribution in [3.63, 3.8) is 0 Å². The molecule has 1 N–H and O–H groups in total. The third-order valence-electron chi connectivity index (χ3n) is 3.97. The molecule has 0 unspecified atom stereocenters. The lowest BCUT2D eigenvalue weighted by Crippen LogP contribution is -2.19. The van der Waals surface area contributed by atoms with Crippen LogP contribution < -0.4 is 5.56 Å². The fourth-order valence-electron chi connectivity index (χ4n) is 2.78. The minimum Gasteiger partial charge on any atom is -0.317 e. The Balaban J connectivity index is 0.000000647. The highest BCUT2D eigenvalue weighted by molar-refractivity contribution is 7.98. The van der Waals surface area contributed by atoms with Gasteiger partial charge in [0, 0.05) is 17.5 Å². The highest BCUT2D eigenvalue weighted by Gasteiger charge is 2.18. The zero-order valence-corrected chi connectivity index (χ0v) is 16.2. The molecule has 0 fully saturated rings. The van der Waals surface area contributed by atoms with Crippen LogP contribution in [0.1, 0.15) is 55.4 Å². The summed E-state index contributed by atoms with van der Waals surface area (Å²) in [5.41, 5.74) is 4.49. The van der Waals surface area contributed by atoms with E-state index < -0.39 is 0 Å². The molecule has 0 spiro atoms. The van der Waals surface area contributed by atoms with E-state index in [1.165, 1.54) is 30.4 Å². The van der Waals surface area contributed by atoms with Crippen LogP contribution in [0.25, 0.3) is 0 Å². The van der Waals surface area contributed by atoms with Crippen LogP contribution >= 0.6 is 23.4 Å². The fourth-order valence-corrected chi connectivity index (χ4v) is 4.14. The molecule has 0 atom stereocenters. The molecule has 1 aliphatic rings. The summed E-state index contributed by atoms with van der Waals surface area (Å²) in [5, 5.41) is 1.54. The Bertz CT molecular complexity index is 743. The van der Waals surface area contributed by atoms with Crippen LogP contribution in [-0.4, -0.2) is 9.97 Å². The van der Waals surface area contributed by atoms with Crippen molar-refractivity contribution in [2.45, 2.75) is 63.7 Å². The minimum absolute atomic E-state index is 0.0374. The van der Waals surface area contributed by atoms with Crippen molar-refractivity contribution in [3.05, 3.63) is 56.1 Å². The van der Waals surface area contributed by atoms with E-state index in [2.05, 4.69) is 23.8 Å². The van der Waals surface area contributed by atoms with Crippen molar-refractivity contribution in [1.29, 1.82) is 0 Å². The van der Waals surface area contributed by atoms with Crippen molar-refractivity contribution in [2.75, 3.05) is 0 Å². The second-order valence-electron chi connectivity index (χ2n) is 6.02. The van der Waals surface area contributed by atoms with Gasteiger partial charge in [-0.3, -0.25) is 4.79 Å². The second-order valence-corrected chi connectivity index (χ2v) is 7.37. The Hall–Kier alpha value is -1.26. The number of hydrogen-bond acceptors (Lipinski definition) is 3. The van der Waals surface area contributed by atoms with E-state index in [4.69, 9.17) is 11.6 Å². The molecule has 2 aromatic heterocycles. The average molecular weight is 365 g/mol. The van der Waals surface area contributed by atoms with Gasteiger partial charge < -0.3 is 4.98 Å². The number of nitrogens with zero attached hydrogens (tertiary/aromatic N) is 1. The first-order chi connectivity index (χ1) is 11.6. The first-order valence-electron chi connectivity index (χ1n) is 8.55. The van der Waals surface area contributed by atoms with Gasteiger partial charge in [-0.25, -0.2) is 4.98 Å². The highest BCUT2D eigenvalue weighted by atomic mass is 35.5. The van der Waals surface area contributed by atoms with E-state index in [-0.39, 0.29) is 5.56 Å². The number of hydrogen-bond donors (Lipinski definition) is 1. The second kappa shape index (κ2) is 9.28. The van der Waals surface area contributed by atoms with Crippen molar-refractivity contribution < 1.29 is 0 Å². The van der Waals surface area contributed by atoms with Crippen LogP contribution in [0.15, 0.2) is 28.2 Å². The van der Waals surface area contributed by atoms with E-state index >= 15 is 0 Å². The molecule has 130 valence electrons. The molecule has 1 aliphatic carbocycles. The number of nitrogens with one attached hydrogen (secondary N) is 1. The number of rotatable bonds is 3. The lowest BCUT2D eigenvalue weighted by Gasteiger charge is -2.20. The lowest BCUT2D eigenvalue weighted by molar-refractivity contribution is 0.660. The molecule has 2 aromatic rings. The summed E-state index contributed by atoms with van der Waals surface area (Å²) in [4.78, 5) is 19.2. The summed E-state index contributed by atoms with van der Waals surface area (Å²) in [6.07, 6.45) is 7.38. The van der Waals surface area contributed by atoms with Crippen molar-refractivity contribution in [2.24, 2.45) is 0 Å². The Morgan fingerprint density at radius 3 is 2.58 bits per heavy atom. The van der Waals surface area contributed by atoms with Crippen LogP contribution in [0, 0.1) is 6.92 Å². The molecular weight excluding hydrogens is 340 g/mol. The molecule has 0 amide bonds. The number of halogens is 1. The van der Waals surface area contributed by atoms with E-state index in [0.29, 0.717) is 5.15 Å². The number of H-pyrrole nitrogens is 1. The maximum Gasteiger partial charge on any atom is 0.251 e. The summed E-state index contributed by atoms with van der Waals surface area (Å²) in [5.74, 6) is 0.720. The van der Waals surface area contributed by atoms with Crippen molar-refractivity contribution in [3.8, 4) is 0 Å². The lowest BCUT2D eigenvalue weighted by atomic mass is 9.90. The molecule has 3 rings (SSSR count). The number of pyridine rings is 2. The van der Waals surface area contributed by atoms with Gasteiger partial charge in [0.25, 0.3) is 5.56 Å². The maximum absolute atomic E-state index is 12.1. The van der Waals surface area contributed by atoms with Crippen LogP contribution in [0.2, 0.25) is 5.15 Å². The Morgan fingerprint density at radius 1 is 1.25 bits per heavy atom. The summed E-state index contributed by atoms with van der Waals surface area (Å²) in [6.45, 7) is 6.18. The van der Waals surface area contributed by atoms with Crippen LogP contribution in [-0.2, 0) is 18.6 Å². The quantitative estimate of drug-likeness (QED) is 0.592. The molecule has 5 heteroatoms. The minimum atomic E-state index is 0.0374. The summed E-state index contributed by atoms with van der Waals surface area (Å²) >= 11 is 7.74. The number of thioether (sulfide) groups is 1. The molecular formula is C19H25ClN2OS. The molecule has 0 saturated carbocycles. The summed E-state index contributed by atoms with van der Waals surface area (Å²) in [7, 11) is 0. The number of aromatic amines is 1. The first kappa shape index (κ1) is 19.1. The molecule has 0 bridgehead atoms. The fraction of sp³-hybridized carbons (Fsp3) is 0.474. The van der Waals surface area contributed by atoms with Gasteiger partial charge in [-0.2, -0.15) is 0 Å². The Labute approximate surface area is 153 Å². The van der Waals surface area contributed by atoms with E-state index in [0.717, 1.165) is 34.7 Å². The molecule has 0 aromatic carbocycles. The third kappa shape index (κ3) is 4.64. The Morgan fingerprint density at radius 2 is 1.92 bits per heavy atom. The molecule has 0 radical (unpaired) electrons. The largest absolute Gasteiger partial charge is 0.317 e. The van der Waals surface area contributed by atoms with E-state index in [1.54, 1.807) is 18.0 Å². The van der Waals surface area contributed by atoms with Crippen LogP contribution in [0.4, 0.5) is 0 Å². The van der Waals surface area contributed by atoms with Gasteiger partial charge in [0.05, 0.1) is 5.03 Å². The van der Waals surface area contributed by atoms with E-state index in [1.807, 2.05) is 19.1 Å². The molecule has 2 heterocycles. The zero-order chi connectivity index (χ0) is 17.5. The normalized spacial score (nSPS) is 13.0. The predicted octanol–water partition coefficient (Wildman–Crippen LogP) is 5.32. The van der Waals surface area contributed by atoms with Gasteiger partial charge in [0.2, 0.25) is 0 Å². The van der Waals surface area contributed by atoms with Crippen molar-refractivity contribution in [1.82, 2.24) is 9.97 Å². The highest BCUT2D eigenvalue weighted by Crippen LogP contribution is 2.32. The smallest absolute Gasteiger partial charge is 0.251 e. The zero-order valence-electron chi connectivity index (χ0n) is 14.6. The monoisotopic (exact) mass is 364 g/mol. The van der Waals surface area contributed by atoms with Gasteiger partial charge in [-0.15, -0.1) is 11.8 Å². The van der Waals surface area contributed by atoms with Gasteiger partial charge in [0.15, 0.2) is 0 Å². The number of fused-ring (bicyclic) bond motifs is 1. The van der Waals surface area contributed by atoms with Gasteiger partial charge in [-0.05, 0) is 55.4 Å². The Kier molecular flexibility index (Phi) is 7.38. The standard InChI is InChI=1S/C16H17ClN2OS.C3H8/c1-10-12-6-2-3-7-13(12)16(19-15(10)20)21-9-11-5-4-8-18-14(11)17;1-3-2/h4-5,8H,2-3,6-7,9H2,1H3,(H,19,20);3H2,1-2H3. The first-order valence-corrected chi connectivity index (χ1v) is 9.91. The maximum atomic E-state index is 12.1. The predicted molar refractivity (Wildman–Crippen MR) is 103 cm³/mol. The van der Waals surface area contributed by atoms with Crippen LogP contribution in [0.3, 0.4) is 0 Å². The van der Waals surface area contributed by atoms with Gasteiger partial charge in [0.1, 0.15) is 5.15 Å². The third-order valence-corrected chi connectivity index (χ3v) is 5.40. The molecule has 3 nitrogen and oxygen atoms in total. The topological polar surface area (TPSA) is 45.8 Å². The van der Waals surface area contributed by atoms with Crippen LogP contribution in [0.5, 0.6) is 0 Å². The molecule has 0 saturated heterocycles. The summed E-state index contributed by atoms with van der Waals surface area (Å²) in [6, 6.07) is 3.86. The average Bonchev–Trinajstić information content (AvgIpc) is 2.59. The van der Waals surface area contributed by atoms with Crippen molar-refractivity contribution >= 4 is 23.4 Å². The summed E-state index contributed by atoms with van der Waals surface area (Å²) < 4.78 is 0. The van der Waals surface area contributed by atoms with Gasteiger partial charge in [-0.1, -0.05) is 37.9 Å². The SMILES string of the molecule is CCC.Cc1c2c(c(SCc3cccnc3Cl)[nH]c1=O)CCCC2. The number of aromatic nitrogens is 2. The molecule has 0 aliphatic heterocycles. The molecule has 24 heavy (non-hydrogen) atoms.